The van der Waals surface area contributed by atoms with E-state index in [4.69, 9.17) is 4.74 Å². The molecule has 0 bridgehead atoms. The topological polar surface area (TPSA) is 70.1 Å². The lowest BCUT2D eigenvalue weighted by atomic mass is 9.96. The number of hydrogen-bond acceptors (Lipinski definition) is 4. The van der Waals surface area contributed by atoms with Crippen LogP contribution in [0.3, 0.4) is 0 Å². The molecule has 1 aliphatic carbocycles. The van der Waals surface area contributed by atoms with Crippen LogP contribution in [0.4, 0.5) is 4.39 Å². The van der Waals surface area contributed by atoms with Crippen molar-refractivity contribution in [2.24, 2.45) is 0 Å². The number of nitrogens with zero attached hydrogens (tertiary/aromatic N) is 1. The Labute approximate surface area is 117 Å². The largest absolute Gasteiger partial charge is 0.366 e. The summed E-state index contributed by atoms with van der Waals surface area (Å²) in [7, 11) is -3.58. The highest BCUT2D eigenvalue weighted by atomic mass is 32.2. The zero-order valence-corrected chi connectivity index (χ0v) is 12.0. The molecule has 0 saturated carbocycles. The summed E-state index contributed by atoms with van der Waals surface area (Å²) < 4.78 is 45.0. The van der Waals surface area contributed by atoms with Crippen LogP contribution in [0.5, 0.6) is 0 Å². The van der Waals surface area contributed by atoms with Crippen molar-refractivity contribution in [2.75, 3.05) is 6.54 Å². The highest BCUT2D eigenvalue weighted by molar-refractivity contribution is 7.90. The van der Waals surface area contributed by atoms with Crippen LogP contribution in [0.25, 0.3) is 0 Å². The maximum Gasteiger partial charge on any atom is 0.221 e. The number of epoxide rings is 1. The monoisotopic (exact) mass is 303 g/mol. The van der Waals surface area contributed by atoms with Crippen LogP contribution < -0.4 is 0 Å². The van der Waals surface area contributed by atoms with Crippen molar-refractivity contribution < 1.29 is 22.7 Å². The molecule has 112 valence electrons. The minimum atomic E-state index is -3.58. The van der Waals surface area contributed by atoms with Crippen molar-refractivity contribution >= 4 is 10.0 Å². The van der Waals surface area contributed by atoms with Gasteiger partial charge in [-0.1, -0.05) is 6.08 Å². The molecule has 0 aromatic heterocycles. The van der Waals surface area contributed by atoms with Crippen LogP contribution in [-0.4, -0.2) is 47.6 Å². The summed E-state index contributed by atoms with van der Waals surface area (Å²) in [5.74, 6) is -0.401. The van der Waals surface area contributed by atoms with Crippen LogP contribution in [0.1, 0.15) is 26.2 Å². The molecule has 2 saturated heterocycles. The highest BCUT2D eigenvalue weighted by Crippen LogP contribution is 2.44. The first-order valence-electron chi connectivity index (χ1n) is 6.75. The van der Waals surface area contributed by atoms with E-state index in [-0.39, 0.29) is 6.42 Å². The van der Waals surface area contributed by atoms with Crippen LogP contribution in [0, 0.1) is 0 Å². The number of hydrogen-bond donors (Lipinski definition) is 1. The van der Waals surface area contributed by atoms with Crippen LogP contribution >= 0.6 is 0 Å². The molecule has 0 aromatic rings. The number of rotatable bonds is 3. The minimum Gasteiger partial charge on any atom is -0.366 e. The quantitative estimate of drug-likeness (QED) is 0.792. The predicted octanol–water partition coefficient (Wildman–Crippen LogP) is 1.07. The number of allylic oxidation sites excluding steroid dienone is 3. The maximum atomic E-state index is 13.0. The second-order valence-corrected chi connectivity index (χ2v) is 7.82. The van der Waals surface area contributed by atoms with Gasteiger partial charge in [0, 0.05) is 6.54 Å². The van der Waals surface area contributed by atoms with Gasteiger partial charge in [-0.15, -0.1) is 0 Å². The molecule has 0 aromatic carbocycles. The lowest BCUT2D eigenvalue weighted by molar-refractivity contribution is 0.153. The van der Waals surface area contributed by atoms with Gasteiger partial charge in [-0.05, 0) is 38.3 Å². The number of halogens is 1. The zero-order valence-electron chi connectivity index (χ0n) is 11.2. The van der Waals surface area contributed by atoms with E-state index in [0.717, 1.165) is 6.42 Å². The average molecular weight is 303 g/mol. The molecule has 7 heteroatoms. The predicted molar refractivity (Wildman–Crippen MR) is 70.9 cm³/mol. The van der Waals surface area contributed by atoms with Crippen molar-refractivity contribution in [1.29, 1.82) is 0 Å². The van der Waals surface area contributed by atoms with E-state index in [1.165, 1.54) is 22.5 Å². The third-order valence-electron chi connectivity index (χ3n) is 4.40. The molecule has 2 aliphatic heterocycles. The molecule has 0 spiro atoms. The van der Waals surface area contributed by atoms with E-state index in [0.29, 0.717) is 13.0 Å². The highest BCUT2D eigenvalue weighted by Gasteiger charge is 2.59. The fourth-order valence-electron chi connectivity index (χ4n) is 3.18. The van der Waals surface area contributed by atoms with Crippen molar-refractivity contribution in [2.45, 2.75) is 49.4 Å². The molecule has 2 heterocycles. The van der Waals surface area contributed by atoms with Gasteiger partial charge in [0.2, 0.25) is 10.0 Å². The van der Waals surface area contributed by atoms with Gasteiger partial charge in [-0.25, -0.2) is 12.8 Å². The summed E-state index contributed by atoms with van der Waals surface area (Å²) in [5.41, 5.74) is -0.703. The molecule has 4 atom stereocenters. The summed E-state index contributed by atoms with van der Waals surface area (Å²) in [6, 6.07) is 0. The van der Waals surface area contributed by atoms with Gasteiger partial charge in [0.15, 0.2) is 6.29 Å². The van der Waals surface area contributed by atoms with Gasteiger partial charge in [0.05, 0.1) is 10.8 Å². The van der Waals surface area contributed by atoms with Crippen molar-refractivity contribution in [3.63, 3.8) is 0 Å². The fraction of sp³-hybridized carbons (Fsp3) is 0.692. The average Bonchev–Trinajstić information content (AvgIpc) is 2.99. The van der Waals surface area contributed by atoms with Crippen molar-refractivity contribution in [3.05, 3.63) is 24.1 Å². The molecular formula is C13H18FNO4S. The van der Waals surface area contributed by atoms with E-state index in [1.54, 1.807) is 6.92 Å². The van der Waals surface area contributed by atoms with Crippen LogP contribution in [0.2, 0.25) is 0 Å². The lowest BCUT2D eigenvalue weighted by Crippen LogP contribution is -2.52. The third-order valence-corrected chi connectivity index (χ3v) is 6.73. The summed E-state index contributed by atoms with van der Waals surface area (Å²) in [6.07, 6.45) is 4.09. The molecule has 3 rings (SSSR count). The first-order chi connectivity index (χ1) is 9.35. The number of aliphatic hydroxyl groups excluding tert-OH is 1. The van der Waals surface area contributed by atoms with E-state index >= 15 is 0 Å². The molecule has 1 N–H and O–H groups in total. The van der Waals surface area contributed by atoms with Gasteiger partial charge in [0.1, 0.15) is 11.9 Å². The summed E-state index contributed by atoms with van der Waals surface area (Å²) in [6.45, 7) is 2.23. The van der Waals surface area contributed by atoms with Crippen LogP contribution in [0.15, 0.2) is 24.1 Å². The summed E-state index contributed by atoms with van der Waals surface area (Å²) in [5, 5.41) is 8.72. The normalized spacial score (nSPS) is 41.8. The molecule has 2 fully saturated rings. The van der Waals surface area contributed by atoms with Crippen LogP contribution in [-0.2, 0) is 14.8 Å². The Morgan fingerprint density at radius 1 is 1.55 bits per heavy atom. The lowest BCUT2D eigenvalue weighted by Gasteiger charge is -2.35. The van der Waals surface area contributed by atoms with Gasteiger partial charge in [-0.3, -0.25) is 0 Å². The van der Waals surface area contributed by atoms with Gasteiger partial charge >= 0.3 is 0 Å². The Bertz CT molecular complexity index is 573. The standard InChI is InChI=1S/C13H18FNO4S/c1-13(11-12(16)19-11)7-2-8-15(13)20(17,18)10-5-3-9(14)4-6-10/h3-5,10-12,16H,2,6-8H2,1H3. The van der Waals surface area contributed by atoms with E-state index in [1.807, 2.05) is 0 Å². The Kier molecular flexibility index (Phi) is 3.28. The van der Waals surface area contributed by atoms with Gasteiger partial charge in [-0.2, -0.15) is 4.31 Å². The summed E-state index contributed by atoms with van der Waals surface area (Å²) >= 11 is 0. The number of sulfonamides is 1. The van der Waals surface area contributed by atoms with Gasteiger partial charge in [0.25, 0.3) is 0 Å². The fourth-order valence-corrected chi connectivity index (χ4v) is 5.28. The van der Waals surface area contributed by atoms with Crippen molar-refractivity contribution in [3.8, 4) is 0 Å². The minimum absolute atomic E-state index is 0.144. The molecule has 0 amide bonds. The van der Waals surface area contributed by atoms with Gasteiger partial charge < -0.3 is 9.84 Å². The van der Waals surface area contributed by atoms with E-state index < -0.39 is 39.0 Å². The second kappa shape index (κ2) is 4.62. The zero-order chi connectivity index (χ0) is 14.5. The summed E-state index contributed by atoms with van der Waals surface area (Å²) in [4.78, 5) is 0. The molecule has 5 nitrogen and oxygen atoms in total. The van der Waals surface area contributed by atoms with E-state index in [2.05, 4.69) is 0 Å². The number of ether oxygens (including phenoxy) is 1. The first kappa shape index (κ1) is 14.2. The van der Waals surface area contributed by atoms with E-state index in [9.17, 15) is 17.9 Å². The Morgan fingerprint density at radius 2 is 2.25 bits per heavy atom. The second-order valence-electron chi connectivity index (χ2n) is 5.75. The Hall–Kier alpha value is -0.760. The SMILES string of the molecule is CC1(C2OC2O)CCCN1S(=O)(=O)C1C=CC(F)=CC1. The number of aliphatic hydroxyl groups is 1. The maximum absolute atomic E-state index is 13.0. The smallest absolute Gasteiger partial charge is 0.221 e. The Morgan fingerprint density at radius 3 is 2.80 bits per heavy atom. The molecule has 4 unspecified atom stereocenters. The van der Waals surface area contributed by atoms with Crippen molar-refractivity contribution in [1.82, 2.24) is 4.31 Å². The molecule has 0 radical (unpaired) electrons. The molecule has 20 heavy (non-hydrogen) atoms. The molecular weight excluding hydrogens is 285 g/mol. The third kappa shape index (κ3) is 2.13. The molecule has 3 aliphatic rings. The Balaban J connectivity index is 1.86. The first-order valence-corrected chi connectivity index (χ1v) is 8.25.